The second-order valence-electron chi connectivity index (χ2n) is 5.43. The number of hydrogen-bond donors (Lipinski definition) is 2. The summed E-state index contributed by atoms with van der Waals surface area (Å²) in [6.45, 7) is 11.8. The van der Waals surface area contributed by atoms with E-state index in [2.05, 4.69) is 29.1 Å². The van der Waals surface area contributed by atoms with Crippen molar-refractivity contribution in [2.75, 3.05) is 5.32 Å². The normalized spacial score (nSPS) is 13.9. The molecular weight excluding hydrogens is 214 g/mol. The van der Waals surface area contributed by atoms with Gasteiger partial charge in [0.15, 0.2) is 0 Å². The van der Waals surface area contributed by atoms with Gasteiger partial charge in [0.05, 0.1) is 11.6 Å². The number of nitrogens with zero attached hydrogens (tertiary/aromatic N) is 2. The Balaban J connectivity index is 2.99. The van der Waals surface area contributed by atoms with Crippen LogP contribution in [0.4, 0.5) is 5.82 Å². The predicted octanol–water partition coefficient (Wildman–Crippen LogP) is 2.48. The summed E-state index contributed by atoms with van der Waals surface area (Å²) in [4.78, 5) is 8.86. The summed E-state index contributed by atoms with van der Waals surface area (Å²) < 4.78 is 0. The van der Waals surface area contributed by atoms with Crippen LogP contribution in [0.2, 0.25) is 0 Å². The van der Waals surface area contributed by atoms with E-state index in [4.69, 9.17) is 0 Å². The fourth-order valence-corrected chi connectivity index (χ4v) is 1.35. The maximum Gasteiger partial charge on any atom is 0.133 e. The number of aromatic nitrogens is 2. The average molecular weight is 237 g/mol. The zero-order chi connectivity index (χ0) is 13.2. The van der Waals surface area contributed by atoms with Gasteiger partial charge in [-0.3, -0.25) is 0 Å². The molecule has 1 rings (SSSR count). The smallest absolute Gasteiger partial charge is 0.133 e. The molecule has 0 radical (unpaired) electrons. The number of rotatable bonds is 4. The molecule has 2 N–H and O–H groups in total. The van der Waals surface area contributed by atoms with Gasteiger partial charge in [-0.05, 0) is 27.7 Å². The van der Waals surface area contributed by atoms with Gasteiger partial charge in [0, 0.05) is 17.7 Å². The van der Waals surface area contributed by atoms with E-state index < -0.39 is 11.6 Å². The highest BCUT2D eigenvalue weighted by Gasteiger charge is 2.24. The molecule has 0 aromatic carbocycles. The molecular formula is C13H23N3O. The Labute approximate surface area is 103 Å². The van der Waals surface area contributed by atoms with Crippen molar-refractivity contribution in [1.29, 1.82) is 0 Å². The molecule has 0 aliphatic heterocycles. The standard InChI is InChI=1S/C13H23N3O/c1-8(2)12-14-9(3)7-11(15-12)16-13(5,6)10(4)17/h7-8,10,17H,1-6H3,(H,14,15,16). The Bertz CT molecular complexity index is 386. The second kappa shape index (κ2) is 5.00. The second-order valence-corrected chi connectivity index (χ2v) is 5.43. The zero-order valence-corrected chi connectivity index (χ0v) is 11.6. The van der Waals surface area contributed by atoms with Crippen molar-refractivity contribution in [2.45, 2.75) is 59.1 Å². The van der Waals surface area contributed by atoms with Crippen molar-refractivity contribution in [3.63, 3.8) is 0 Å². The van der Waals surface area contributed by atoms with Gasteiger partial charge >= 0.3 is 0 Å². The van der Waals surface area contributed by atoms with E-state index in [-0.39, 0.29) is 0 Å². The van der Waals surface area contributed by atoms with Gasteiger partial charge in [-0.25, -0.2) is 9.97 Å². The number of aliphatic hydroxyl groups is 1. The molecule has 0 saturated carbocycles. The summed E-state index contributed by atoms with van der Waals surface area (Å²) in [5.41, 5.74) is 0.530. The third kappa shape index (κ3) is 3.66. The van der Waals surface area contributed by atoms with E-state index in [0.717, 1.165) is 17.3 Å². The maximum atomic E-state index is 9.68. The van der Waals surface area contributed by atoms with Crippen LogP contribution >= 0.6 is 0 Å². The fourth-order valence-electron chi connectivity index (χ4n) is 1.35. The van der Waals surface area contributed by atoms with Crippen molar-refractivity contribution < 1.29 is 5.11 Å². The molecule has 1 atom stereocenters. The van der Waals surface area contributed by atoms with Crippen LogP contribution in [-0.2, 0) is 0 Å². The topological polar surface area (TPSA) is 58.0 Å². The van der Waals surface area contributed by atoms with E-state index in [1.807, 2.05) is 26.8 Å². The monoisotopic (exact) mass is 237 g/mol. The lowest BCUT2D eigenvalue weighted by Crippen LogP contribution is -2.42. The summed E-state index contributed by atoms with van der Waals surface area (Å²) in [7, 11) is 0. The molecule has 0 amide bonds. The third-order valence-corrected chi connectivity index (χ3v) is 2.88. The van der Waals surface area contributed by atoms with Crippen LogP contribution < -0.4 is 5.32 Å². The van der Waals surface area contributed by atoms with E-state index in [1.165, 1.54) is 0 Å². The summed E-state index contributed by atoms with van der Waals surface area (Å²) in [6, 6.07) is 1.90. The minimum absolute atomic E-state index is 0.296. The minimum Gasteiger partial charge on any atom is -0.391 e. The lowest BCUT2D eigenvalue weighted by atomic mass is 9.99. The van der Waals surface area contributed by atoms with Crippen molar-refractivity contribution >= 4 is 5.82 Å². The summed E-state index contributed by atoms with van der Waals surface area (Å²) in [5.74, 6) is 1.89. The van der Waals surface area contributed by atoms with Crippen molar-refractivity contribution in [1.82, 2.24) is 9.97 Å². The average Bonchev–Trinajstić information content (AvgIpc) is 2.15. The maximum absolute atomic E-state index is 9.68. The molecule has 17 heavy (non-hydrogen) atoms. The van der Waals surface area contributed by atoms with Crippen LogP contribution in [0.5, 0.6) is 0 Å². The van der Waals surface area contributed by atoms with E-state index in [9.17, 15) is 5.11 Å². The highest BCUT2D eigenvalue weighted by atomic mass is 16.3. The Morgan fingerprint density at radius 2 is 1.82 bits per heavy atom. The van der Waals surface area contributed by atoms with Crippen LogP contribution in [-0.4, -0.2) is 26.7 Å². The molecule has 0 saturated heterocycles. The molecule has 1 aromatic rings. The van der Waals surface area contributed by atoms with E-state index >= 15 is 0 Å². The summed E-state index contributed by atoms with van der Waals surface area (Å²) in [6.07, 6.45) is -0.458. The van der Waals surface area contributed by atoms with Crippen molar-refractivity contribution in [2.24, 2.45) is 0 Å². The van der Waals surface area contributed by atoms with Crippen LogP contribution in [0.1, 0.15) is 52.1 Å². The molecule has 96 valence electrons. The molecule has 0 spiro atoms. The van der Waals surface area contributed by atoms with Gasteiger partial charge in [0.2, 0.25) is 0 Å². The van der Waals surface area contributed by atoms with E-state index in [1.54, 1.807) is 6.92 Å². The fraction of sp³-hybridized carbons (Fsp3) is 0.692. The third-order valence-electron chi connectivity index (χ3n) is 2.88. The number of aryl methyl sites for hydroxylation is 1. The molecule has 0 fully saturated rings. The van der Waals surface area contributed by atoms with Crippen LogP contribution in [0.15, 0.2) is 6.07 Å². The Morgan fingerprint density at radius 3 is 2.29 bits per heavy atom. The van der Waals surface area contributed by atoms with Gasteiger partial charge in [-0.2, -0.15) is 0 Å². The van der Waals surface area contributed by atoms with Crippen LogP contribution in [0, 0.1) is 6.92 Å². The Kier molecular flexibility index (Phi) is 4.09. The first-order valence-corrected chi connectivity index (χ1v) is 6.04. The number of anilines is 1. The largest absolute Gasteiger partial charge is 0.391 e. The first-order chi connectivity index (χ1) is 7.72. The van der Waals surface area contributed by atoms with Crippen molar-refractivity contribution in [3.05, 3.63) is 17.6 Å². The number of nitrogens with one attached hydrogen (secondary N) is 1. The predicted molar refractivity (Wildman–Crippen MR) is 70.2 cm³/mol. The highest BCUT2D eigenvalue weighted by Crippen LogP contribution is 2.19. The molecule has 0 aliphatic rings. The molecule has 4 nitrogen and oxygen atoms in total. The summed E-state index contributed by atoms with van der Waals surface area (Å²) in [5, 5.41) is 12.9. The lowest BCUT2D eigenvalue weighted by molar-refractivity contribution is 0.133. The van der Waals surface area contributed by atoms with E-state index in [0.29, 0.717) is 5.92 Å². The highest BCUT2D eigenvalue weighted by molar-refractivity contribution is 5.39. The van der Waals surface area contributed by atoms with Gasteiger partial charge < -0.3 is 10.4 Å². The molecule has 1 unspecified atom stereocenters. The van der Waals surface area contributed by atoms with Crippen molar-refractivity contribution in [3.8, 4) is 0 Å². The SMILES string of the molecule is Cc1cc(NC(C)(C)C(C)O)nc(C(C)C)n1. The van der Waals surface area contributed by atoms with Gasteiger partial charge in [0.1, 0.15) is 11.6 Å². The van der Waals surface area contributed by atoms with Crippen LogP contribution in [0.25, 0.3) is 0 Å². The molecule has 0 bridgehead atoms. The molecule has 4 heteroatoms. The number of hydrogen-bond acceptors (Lipinski definition) is 4. The Hall–Kier alpha value is -1.16. The first kappa shape index (κ1) is 13.9. The quantitative estimate of drug-likeness (QED) is 0.844. The minimum atomic E-state index is -0.458. The zero-order valence-electron chi connectivity index (χ0n) is 11.6. The lowest BCUT2D eigenvalue weighted by Gasteiger charge is -2.30. The summed E-state index contributed by atoms with van der Waals surface area (Å²) >= 11 is 0. The number of aliphatic hydroxyl groups excluding tert-OH is 1. The molecule has 1 heterocycles. The van der Waals surface area contributed by atoms with Gasteiger partial charge in [-0.1, -0.05) is 13.8 Å². The molecule has 0 aliphatic carbocycles. The van der Waals surface area contributed by atoms with Gasteiger partial charge in [-0.15, -0.1) is 0 Å². The van der Waals surface area contributed by atoms with Gasteiger partial charge in [0.25, 0.3) is 0 Å². The molecule has 1 aromatic heterocycles. The van der Waals surface area contributed by atoms with Crippen LogP contribution in [0.3, 0.4) is 0 Å². The Morgan fingerprint density at radius 1 is 1.24 bits per heavy atom. The first-order valence-electron chi connectivity index (χ1n) is 6.04.